The molecule has 3 N–H and O–H groups in total. The Balaban J connectivity index is 2.66. The summed E-state index contributed by atoms with van der Waals surface area (Å²) in [6.45, 7) is 2.13. The van der Waals surface area contributed by atoms with Crippen LogP contribution in [0.4, 0.5) is 8.78 Å². The van der Waals surface area contributed by atoms with Crippen LogP contribution in [0.15, 0.2) is 0 Å². The summed E-state index contributed by atoms with van der Waals surface area (Å²) in [6, 6.07) is -1.23. The molecule has 0 bridgehead atoms. The number of hydrogen-bond acceptors (Lipinski definition) is 2. The van der Waals surface area contributed by atoms with Crippen LogP contribution in [0.5, 0.6) is 0 Å². The normalized spacial score (nSPS) is 23.7. The van der Waals surface area contributed by atoms with E-state index in [1.807, 2.05) is 4.72 Å². The molecule has 1 aliphatic heterocycles. The second-order valence-electron chi connectivity index (χ2n) is 3.89. The van der Waals surface area contributed by atoms with Gasteiger partial charge in [-0.05, 0) is 31.8 Å². The van der Waals surface area contributed by atoms with Crippen LogP contribution in [0.1, 0.15) is 19.8 Å². The molecule has 0 aromatic heterocycles. The van der Waals surface area contributed by atoms with Gasteiger partial charge in [-0.3, -0.25) is 4.55 Å². The molecule has 0 spiro atoms. The Bertz CT molecular complexity index is 229. The van der Waals surface area contributed by atoms with Gasteiger partial charge in [0.05, 0.1) is 6.04 Å². The molecule has 2 atom stereocenters. The van der Waals surface area contributed by atoms with Crippen molar-refractivity contribution in [3.63, 3.8) is 0 Å². The highest BCUT2D eigenvalue weighted by Crippen LogP contribution is 2.28. The van der Waals surface area contributed by atoms with E-state index >= 15 is 0 Å². The third-order valence-corrected chi connectivity index (χ3v) is 3.08. The number of halogens is 2. The molecule has 1 fully saturated rings. The molecule has 0 aliphatic carbocycles. The van der Waals surface area contributed by atoms with E-state index in [0.717, 1.165) is 6.92 Å². The number of alkyl halides is 2. The van der Waals surface area contributed by atoms with Gasteiger partial charge < -0.3 is 5.32 Å². The van der Waals surface area contributed by atoms with Crippen molar-refractivity contribution in [2.45, 2.75) is 31.7 Å². The number of hydrogen-bond donors (Lipinski definition) is 3. The van der Waals surface area contributed by atoms with Gasteiger partial charge in [-0.15, -0.1) is 0 Å². The first-order valence-corrected chi connectivity index (χ1v) is 5.97. The molecule has 0 radical (unpaired) electrons. The molecule has 0 aromatic rings. The van der Waals surface area contributed by atoms with Gasteiger partial charge in [-0.1, -0.05) is 0 Å². The Morgan fingerprint density at radius 1 is 1.53 bits per heavy atom. The van der Waals surface area contributed by atoms with E-state index < -0.39 is 23.2 Å². The van der Waals surface area contributed by atoms with E-state index in [0.29, 0.717) is 25.9 Å². The molecule has 7 heteroatoms. The first-order chi connectivity index (χ1) is 6.91. The molecular weight excluding hydrogens is 226 g/mol. The molecule has 2 unspecified atom stereocenters. The Kier molecular flexibility index (Phi) is 4.57. The standard InChI is InChI=1S/C8H16F2N2O2S/c1-8(9,10)7(12-15(13)14)6-2-4-11-5-3-6/h6-7,11-12H,2-5H2,1H3,(H,13,14). The predicted octanol–water partition coefficient (Wildman–Crippen LogP) is 0.736. The summed E-state index contributed by atoms with van der Waals surface area (Å²) in [5.74, 6) is -3.25. The Hall–Kier alpha value is -0.110. The fourth-order valence-electron chi connectivity index (χ4n) is 1.90. The summed E-state index contributed by atoms with van der Waals surface area (Å²) in [5, 5.41) is 3.06. The summed E-state index contributed by atoms with van der Waals surface area (Å²) < 4.78 is 47.6. The summed E-state index contributed by atoms with van der Waals surface area (Å²) in [7, 11) is 0. The minimum Gasteiger partial charge on any atom is -0.317 e. The van der Waals surface area contributed by atoms with Gasteiger partial charge in [0.25, 0.3) is 5.92 Å². The van der Waals surface area contributed by atoms with Gasteiger partial charge in [-0.2, -0.15) is 0 Å². The minimum atomic E-state index is -2.99. The van der Waals surface area contributed by atoms with E-state index in [-0.39, 0.29) is 5.92 Å². The first kappa shape index (κ1) is 13.0. The molecule has 1 rings (SSSR count). The Morgan fingerprint density at radius 2 is 2.07 bits per heavy atom. The van der Waals surface area contributed by atoms with Gasteiger partial charge in [0.1, 0.15) is 0 Å². The monoisotopic (exact) mass is 242 g/mol. The predicted molar refractivity (Wildman–Crippen MR) is 53.9 cm³/mol. The lowest BCUT2D eigenvalue weighted by Gasteiger charge is -2.33. The molecule has 1 heterocycles. The van der Waals surface area contributed by atoms with Crippen LogP contribution in [-0.2, 0) is 11.3 Å². The topological polar surface area (TPSA) is 61.4 Å². The van der Waals surface area contributed by atoms with E-state index in [9.17, 15) is 13.0 Å². The molecule has 1 saturated heterocycles. The van der Waals surface area contributed by atoms with Crippen molar-refractivity contribution in [3.8, 4) is 0 Å². The molecule has 1 aliphatic rings. The van der Waals surface area contributed by atoms with E-state index in [1.54, 1.807) is 0 Å². The molecule has 0 aromatic carbocycles. The molecule has 4 nitrogen and oxygen atoms in total. The number of rotatable bonds is 4. The van der Waals surface area contributed by atoms with Crippen LogP contribution >= 0.6 is 0 Å². The zero-order valence-corrected chi connectivity index (χ0v) is 9.32. The molecule has 0 saturated carbocycles. The van der Waals surface area contributed by atoms with Crippen LogP contribution in [-0.4, -0.2) is 33.8 Å². The van der Waals surface area contributed by atoms with Crippen molar-refractivity contribution in [1.29, 1.82) is 0 Å². The quantitative estimate of drug-likeness (QED) is 0.637. The molecule has 15 heavy (non-hydrogen) atoms. The maximum atomic E-state index is 13.2. The lowest BCUT2D eigenvalue weighted by Crippen LogP contribution is -2.51. The fourth-order valence-corrected chi connectivity index (χ4v) is 2.52. The Morgan fingerprint density at radius 3 is 2.47 bits per heavy atom. The van der Waals surface area contributed by atoms with Crippen LogP contribution in [0.25, 0.3) is 0 Å². The summed E-state index contributed by atoms with van der Waals surface area (Å²) in [5.41, 5.74) is 0. The zero-order chi connectivity index (χ0) is 11.5. The van der Waals surface area contributed by atoms with Crippen LogP contribution < -0.4 is 10.0 Å². The van der Waals surface area contributed by atoms with Crippen molar-refractivity contribution in [2.24, 2.45) is 5.92 Å². The van der Waals surface area contributed by atoms with Crippen molar-refractivity contribution in [3.05, 3.63) is 0 Å². The second-order valence-corrected chi connectivity index (χ2v) is 4.62. The maximum Gasteiger partial charge on any atom is 0.261 e. The number of nitrogens with one attached hydrogen (secondary N) is 2. The van der Waals surface area contributed by atoms with E-state index in [1.165, 1.54) is 0 Å². The first-order valence-electron chi connectivity index (χ1n) is 4.87. The van der Waals surface area contributed by atoms with Crippen LogP contribution in [0.3, 0.4) is 0 Å². The van der Waals surface area contributed by atoms with Crippen molar-refractivity contribution in [2.75, 3.05) is 13.1 Å². The van der Waals surface area contributed by atoms with Crippen LogP contribution in [0, 0.1) is 5.92 Å². The highest BCUT2D eigenvalue weighted by molar-refractivity contribution is 7.77. The Labute approximate surface area is 90.2 Å². The van der Waals surface area contributed by atoms with Crippen molar-refractivity contribution >= 4 is 11.3 Å². The average molecular weight is 242 g/mol. The van der Waals surface area contributed by atoms with E-state index in [4.69, 9.17) is 4.55 Å². The van der Waals surface area contributed by atoms with Gasteiger partial charge in [0.15, 0.2) is 0 Å². The van der Waals surface area contributed by atoms with Crippen LogP contribution in [0.2, 0.25) is 0 Å². The SMILES string of the molecule is CC(F)(F)C(NS(=O)O)C1CCNCC1. The second kappa shape index (κ2) is 5.29. The maximum absolute atomic E-state index is 13.2. The highest BCUT2D eigenvalue weighted by Gasteiger charge is 2.41. The molecule has 90 valence electrons. The third kappa shape index (κ3) is 4.10. The summed E-state index contributed by atoms with van der Waals surface area (Å²) >= 11 is -2.39. The lowest BCUT2D eigenvalue weighted by molar-refractivity contribution is -0.0350. The number of piperidine rings is 1. The average Bonchev–Trinajstić information content (AvgIpc) is 2.14. The molecule has 0 amide bonds. The summed E-state index contributed by atoms with van der Waals surface area (Å²) in [6.07, 6.45) is 1.19. The van der Waals surface area contributed by atoms with Crippen molar-refractivity contribution in [1.82, 2.24) is 10.0 Å². The largest absolute Gasteiger partial charge is 0.317 e. The highest BCUT2D eigenvalue weighted by atomic mass is 32.2. The van der Waals surface area contributed by atoms with Gasteiger partial charge in [0.2, 0.25) is 11.3 Å². The van der Waals surface area contributed by atoms with Gasteiger partial charge in [0, 0.05) is 6.92 Å². The van der Waals surface area contributed by atoms with Crippen molar-refractivity contribution < 1.29 is 17.5 Å². The lowest BCUT2D eigenvalue weighted by atomic mass is 9.88. The van der Waals surface area contributed by atoms with Gasteiger partial charge in [-0.25, -0.2) is 17.7 Å². The van der Waals surface area contributed by atoms with Gasteiger partial charge >= 0.3 is 0 Å². The van der Waals surface area contributed by atoms with E-state index in [2.05, 4.69) is 5.32 Å². The third-order valence-electron chi connectivity index (χ3n) is 2.63. The minimum absolute atomic E-state index is 0.262. The summed E-state index contributed by atoms with van der Waals surface area (Å²) in [4.78, 5) is 0. The smallest absolute Gasteiger partial charge is 0.261 e. The zero-order valence-electron chi connectivity index (χ0n) is 8.50. The molecular formula is C8H16F2N2O2S. The fraction of sp³-hybridized carbons (Fsp3) is 1.00.